The number of hydrogen-bond acceptors (Lipinski definition) is 4. The number of aromatic nitrogens is 2. The highest BCUT2D eigenvalue weighted by atomic mass is 79.9. The molecule has 27 heavy (non-hydrogen) atoms. The second-order valence-corrected chi connectivity index (χ2v) is 8.98. The number of carbonyl (C=O) groups excluding carboxylic acids is 1. The minimum absolute atomic E-state index is 0.0142. The summed E-state index contributed by atoms with van der Waals surface area (Å²) in [6.45, 7) is 8.47. The molecule has 0 aliphatic carbocycles. The van der Waals surface area contributed by atoms with Crippen LogP contribution in [-0.2, 0) is 5.41 Å². The molecule has 1 aliphatic heterocycles. The number of nitrogens with zero attached hydrogens (tertiary/aromatic N) is 3. The molecule has 0 N–H and O–H groups in total. The summed E-state index contributed by atoms with van der Waals surface area (Å²) in [5.74, 6) is 1.10. The molecule has 6 heteroatoms. The predicted octanol–water partition coefficient (Wildman–Crippen LogP) is 4.47. The molecular formula is C21H26BrN3O2. The summed E-state index contributed by atoms with van der Waals surface area (Å²) in [5, 5.41) is 8.44. The van der Waals surface area contributed by atoms with E-state index in [9.17, 15) is 4.79 Å². The Hall–Kier alpha value is -1.95. The number of ether oxygens (including phenoxy) is 1. The van der Waals surface area contributed by atoms with Gasteiger partial charge in [0.2, 0.25) is 5.88 Å². The number of carbonyl (C=O) groups is 1. The first-order valence-corrected chi connectivity index (χ1v) is 10.1. The smallest absolute Gasteiger partial charge is 0.253 e. The number of hydrogen-bond donors (Lipinski definition) is 0. The molecule has 2 heterocycles. The molecule has 3 rings (SSSR count). The Morgan fingerprint density at radius 2 is 1.78 bits per heavy atom. The van der Waals surface area contributed by atoms with Crippen LogP contribution in [0.25, 0.3) is 0 Å². The van der Waals surface area contributed by atoms with E-state index in [1.54, 1.807) is 0 Å². The van der Waals surface area contributed by atoms with Crippen molar-refractivity contribution in [1.82, 2.24) is 15.1 Å². The second-order valence-electron chi connectivity index (χ2n) is 8.06. The van der Waals surface area contributed by atoms with E-state index in [1.807, 2.05) is 41.3 Å². The summed E-state index contributed by atoms with van der Waals surface area (Å²) >= 11 is 3.40. The van der Waals surface area contributed by atoms with Gasteiger partial charge in [0.05, 0.1) is 12.3 Å². The van der Waals surface area contributed by atoms with E-state index in [0.717, 1.165) is 41.7 Å². The van der Waals surface area contributed by atoms with Crippen molar-refractivity contribution in [2.24, 2.45) is 5.92 Å². The van der Waals surface area contributed by atoms with Crippen LogP contribution in [0.3, 0.4) is 0 Å². The molecule has 144 valence electrons. The van der Waals surface area contributed by atoms with Crippen LogP contribution in [-0.4, -0.2) is 40.7 Å². The molecule has 1 aromatic heterocycles. The molecule has 1 saturated heterocycles. The lowest BCUT2D eigenvalue weighted by Gasteiger charge is -2.31. The van der Waals surface area contributed by atoms with Gasteiger partial charge in [-0.15, -0.1) is 5.10 Å². The molecule has 1 aromatic carbocycles. The number of piperidine rings is 1. The van der Waals surface area contributed by atoms with Crippen LogP contribution >= 0.6 is 15.9 Å². The topological polar surface area (TPSA) is 55.3 Å². The van der Waals surface area contributed by atoms with Crippen molar-refractivity contribution in [2.75, 3.05) is 19.7 Å². The Bertz CT molecular complexity index is 762. The molecule has 1 fully saturated rings. The average molecular weight is 432 g/mol. The highest BCUT2D eigenvalue weighted by Gasteiger charge is 2.24. The fourth-order valence-electron chi connectivity index (χ4n) is 3.08. The van der Waals surface area contributed by atoms with E-state index < -0.39 is 0 Å². The van der Waals surface area contributed by atoms with Gasteiger partial charge in [0.1, 0.15) is 0 Å². The Morgan fingerprint density at radius 1 is 1.11 bits per heavy atom. The lowest BCUT2D eigenvalue weighted by atomic mass is 9.92. The fraction of sp³-hybridized carbons (Fsp3) is 0.476. The zero-order chi connectivity index (χ0) is 19.4. The summed E-state index contributed by atoms with van der Waals surface area (Å²) in [6, 6.07) is 11.4. The molecule has 5 nitrogen and oxygen atoms in total. The van der Waals surface area contributed by atoms with Crippen molar-refractivity contribution in [3.05, 3.63) is 52.1 Å². The van der Waals surface area contributed by atoms with Gasteiger partial charge in [-0.25, -0.2) is 0 Å². The van der Waals surface area contributed by atoms with Gasteiger partial charge >= 0.3 is 0 Å². The van der Waals surface area contributed by atoms with Crippen LogP contribution in [0.15, 0.2) is 40.9 Å². The standard InChI is InChI=1S/C21H26BrN3O2/c1-21(2,3)18-8-9-19(24-23-18)27-14-15-10-12-25(13-11-15)20(26)16-4-6-17(22)7-5-16/h4-9,15H,10-14H2,1-3H3. The van der Waals surface area contributed by atoms with Crippen molar-refractivity contribution >= 4 is 21.8 Å². The zero-order valence-electron chi connectivity index (χ0n) is 16.1. The third-order valence-corrected chi connectivity index (χ3v) is 5.40. The maximum Gasteiger partial charge on any atom is 0.253 e. The van der Waals surface area contributed by atoms with Gasteiger partial charge in [-0.1, -0.05) is 36.7 Å². The molecule has 2 aromatic rings. The van der Waals surface area contributed by atoms with Gasteiger partial charge in [0.15, 0.2) is 0 Å². The highest BCUT2D eigenvalue weighted by Crippen LogP contribution is 2.23. The molecule has 0 saturated carbocycles. The van der Waals surface area contributed by atoms with E-state index in [-0.39, 0.29) is 11.3 Å². The molecule has 0 radical (unpaired) electrons. The third-order valence-electron chi connectivity index (χ3n) is 4.87. The van der Waals surface area contributed by atoms with Crippen LogP contribution in [0.5, 0.6) is 5.88 Å². The number of likely N-dealkylation sites (tertiary alicyclic amines) is 1. The van der Waals surface area contributed by atoms with Crippen LogP contribution < -0.4 is 4.74 Å². The number of amides is 1. The van der Waals surface area contributed by atoms with E-state index >= 15 is 0 Å². The van der Waals surface area contributed by atoms with Gasteiger partial charge in [0.25, 0.3) is 5.91 Å². The number of benzene rings is 1. The molecule has 1 amide bonds. The molecular weight excluding hydrogens is 406 g/mol. The average Bonchev–Trinajstić information content (AvgIpc) is 2.66. The van der Waals surface area contributed by atoms with Crippen LogP contribution in [0.1, 0.15) is 49.7 Å². The first kappa shape index (κ1) is 19.8. The van der Waals surface area contributed by atoms with Gasteiger partial charge < -0.3 is 9.64 Å². The van der Waals surface area contributed by atoms with E-state index in [1.165, 1.54) is 0 Å². The summed E-state index contributed by atoms with van der Waals surface area (Å²) in [6.07, 6.45) is 1.88. The lowest BCUT2D eigenvalue weighted by Crippen LogP contribution is -2.39. The van der Waals surface area contributed by atoms with E-state index in [0.29, 0.717) is 18.4 Å². The first-order chi connectivity index (χ1) is 12.8. The number of rotatable bonds is 4. The SMILES string of the molecule is CC(C)(C)c1ccc(OCC2CCN(C(=O)c3ccc(Br)cc3)CC2)nn1. The Balaban J connectivity index is 1.47. The maximum absolute atomic E-state index is 12.6. The summed E-state index contributed by atoms with van der Waals surface area (Å²) in [4.78, 5) is 14.5. The Labute approximate surface area is 169 Å². The van der Waals surface area contributed by atoms with Crippen molar-refractivity contribution in [3.63, 3.8) is 0 Å². The molecule has 0 bridgehead atoms. The van der Waals surface area contributed by atoms with Crippen molar-refractivity contribution in [1.29, 1.82) is 0 Å². The zero-order valence-corrected chi connectivity index (χ0v) is 17.7. The summed E-state index contributed by atoms with van der Waals surface area (Å²) < 4.78 is 6.80. The lowest BCUT2D eigenvalue weighted by molar-refractivity contribution is 0.0659. The molecule has 0 unspecified atom stereocenters. The first-order valence-electron chi connectivity index (χ1n) is 9.35. The van der Waals surface area contributed by atoms with E-state index in [2.05, 4.69) is 46.9 Å². The number of halogens is 1. The van der Waals surface area contributed by atoms with Gasteiger partial charge in [-0.2, -0.15) is 5.10 Å². The summed E-state index contributed by atoms with van der Waals surface area (Å²) in [5.41, 5.74) is 1.68. The predicted molar refractivity (Wildman–Crippen MR) is 109 cm³/mol. The largest absolute Gasteiger partial charge is 0.476 e. The van der Waals surface area contributed by atoms with Gasteiger partial charge in [-0.05, 0) is 49.1 Å². The minimum atomic E-state index is -0.0142. The molecule has 0 spiro atoms. The Morgan fingerprint density at radius 3 is 2.33 bits per heavy atom. The minimum Gasteiger partial charge on any atom is -0.476 e. The van der Waals surface area contributed by atoms with Crippen LogP contribution in [0.2, 0.25) is 0 Å². The quantitative estimate of drug-likeness (QED) is 0.716. The van der Waals surface area contributed by atoms with Gasteiger partial charge in [0, 0.05) is 34.6 Å². The maximum atomic E-state index is 12.6. The molecule has 1 aliphatic rings. The fourth-order valence-corrected chi connectivity index (χ4v) is 3.34. The normalized spacial score (nSPS) is 15.6. The van der Waals surface area contributed by atoms with Crippen molar-refractivity contribution < 1.29 is 9.53 Å². The van der Waals surface area contributed by atoms with Crippen molar-refractivity contribution in [2.45, 2.75) is 39.0 Å². The third kappa shape index (κ3) is 5.28. The van der Waals surface area contributed by atoms with Crippen molar-refractivity contribution in [3.8, 4) is 5.88 Å². The second kappa shape index (κ2) is 8.38. The van der Waals surface area contributed by atoms with E-state index in [4.69, 9.17) is 4.74 Å². The van der Waals surface area contributed by atoms with Gasteiger partial charge in [-0.3, -0.25) is 4.79 Å². The summed E-state index contributed by atoms with van der Waals surface area (Å²) in [7, 11) is 0. The Kier molecular flexibility index (Phi) is 6.15. The van der Waals surface area contributed by atoms with Crippen LogP contribution in [0, 0.1) is 5.92 Å². The molecule has 0 atom stereocenters. The highest BCUT2D eigenvalue weighted by molar-refractivity contribution is 9.10. The monoisotopic (exact) mass is 431 g/mol. The van der Waals surface area contributed by atoms with Crippen LogP contribution in [0.4, 0.5) is 0 Å².